The summed E-state index contributed by atoms with van der Waals surface area (Å²) in [6.45, 7) is 0.412. The van der Waals surface area contributed by atoms with Gasteiger partial charge in [0.2, 0.25) is 0 Å². The van der Waals surface area contributed by atoms with E-state index in [1.54, 1.807) is 35.0 Å². The Balaban J connectivity index is 1.37. The third-order valence-corrected chi connectivity index (χ3v) is 6.75. The van der Waals surface area contributed by atoms with Gasteiger partial charge in [-0.1, -0.05) is 54.1 Å². The molecule has 0 aliphatic heterocycles. The highest BCUT2D eigenvalue weighted by molar-refractivity contribution is 6.30. The van der Waals surface area contributed by atoms with E-state index in [1.165, 1.54) is 0 Å². The summed E-state index contributed by atoms with van der Waals surface area (Å²) in [5, 5.41) is 16.1. The van der Waals surface area contributed by atoms with Crippen LogP contribution < -0.4 is 10.3 Å². The maximum absolute atomic E-state index is 12.7. The third kappa shape index (κ3) is 5.64. The van der Waals surface area contributed by atoms with Gasteiger partial charge in [0, 0.05) is 22.3 Å². The summed E-state index contributed by atoms with van der Waals surface area (Å²) >= 11 is 5.97. The van der Waals surface area contributed by atoms with Gasteiger partial charge in [0.1, 0.15) is 18.4 Å². The summed E-state index contributed by atoms with van der Waals surface area (Å²) in [7, 11) is 0. The Hall–Kier alpha value is -5.45. The number of hydrogen-bond acceptors (Lipinski definition) is 5. The molecule has 0 aliphatic rings. The van der Waals surface area contributed by atoms with Crippen molar-refractivity contribution in [1.29, 1.82) is 5.26 Å². The van der Waals surface area contributed by atoms with Crippen molar-refractivity contribution in [2.45, 2.75) is 6.61 Å². The van der Waals surface area contributed by atoms with E-state index >= 15 is 0 Å². The molecule has 198 valence electrons. The van der Waals surface area contributed by atoms with Gasteiger partial charge in [-0.15, -0.1) is 0 Å². The van der Waals surface area contributed by atoms with Gasteiger partial charge < -0.3 is 9.72 Å². The maximum Gasteiger partial charge on any atom is 0.259 e. The highest BCUT2D eigenvalue weighted by Crippen LogP contribution is 2.29. The summed E-state index contributed by atoms with van der Waals surface area (Å²) in [6.07, 6.45) is 3.55. The molecule has 0 spiro atoms. The molecule has 2 heterocycles. The second kappa shape index (κ2) is 11.3. The number of aromatic nitrogens is 4. The van der Waals surface area contributed by atoms with Crippen molar-refractivity contribution in [2.24, 2.45) is 0 Å². The number of H-pyrrole nitrogens is 1. The number of benzene rings is 4. The molecule has 7 nitrogen and oxygen atoms in total. The molecule has 0 unspecified atom stereocenters. The molecule has 6 rings (SSSR count). The lowest BCUT2D eigenvalue weighted by Crippen LogP contribution is -2.11. The summed E-state index contributed by atoms with van der Waals surface area (Å²) in [5.74, 6) is 0.902. The van der Waals surface area contributed by atoms with Crippen LogP contribution in [0.3, 0.4) is 0 Å². The molecule has 6 aromatic rings. The van der Waals surface area contributed by atoms with Crippen LogP contribution in [-0.2, 0) is 6.61 Å². The molecule has 0 fully saturated rings. The first-order valence-electron chi connectivity index (χ1n) is 12.8. The van der Waals surface area contributed by atoms with E-state index in [0.29, 0.717) is 39.5 Å². The number of hydrogen-bond donors (Lipinski definition) is 1. The monoisotopic (exact) mass is 555 g/mol. The van der Waals surface area contributed by atoms with Crippen molar-refractivity contribution in [3.63, 3.8) is 0 Å². The Morgan fingerprint density at radius 1 is 0.951 bits per heavy atom. The van der Waals surface area contributed by atoms with E-state index in [1.807, 2.05) is 85.1 Å². The summed E-state index contributed by atoms with van der Waals surface area (Å²) < 4.78 is 7.71. The fraction of sp³-hybridized carbons (Fsp3) is 0.0303. The van der Waals surface area contributed by atoms with E-state index in [9.17, 15) is 10.1 Å². The summed E-state index contributed by atoms with van der Waals surface area (Å²) in [6, 6.07) is 34.1. The van der Waals surface area contributed by atoms with Crippen LogP contribution in [0.15, 0.2) is 114 Å². The van der Waals surface area contributed by atoms with Crippen molar-refractivity contribution < 1.29 is 4.74 Å². The number of rotatable bonds is 7. The highest BCUT2D eigenvalue weighted by atomic mass is 35.5. The molecule has 2 aromatic heterocycles. The number of halogens is 1. The van der Waals surface area contributed by atoms with Gasteiger partial charge in [-0.25, -0.2) is 9.67 Å². The standard InChI is InChI=1S/C33H22ClN5O2/c34-26-14-10-22(11-15-26)21-41-28-16-12-23(13-17-28)31-25(20-39(38-31)27-6-2-1-3-7-27)18-24(19-35)32-36-30-9-5-4-8-29(30)33(40)37-32/h1-18,20H,21H2,(H,36,37,40)/b24-18+. The van der Waals surface area contributed by atoms with Crippen LogP contribution in [0, 0.1) is 11.3 Å². The minimum Gasteiger partial charge on any atom is -0.489 e. The predicted octanol–water partition coefficient (Wildman–Crippen LogP) is 7.07. The average Bonchev–Trinajstić information content (AvgIpc) is 3.44. The molecular weight excluding hydrogens is 534 g/mol. The van der Waals surface area contributed by atoms with Gasteiger partial charge in [-0.3, -0.25) is 4.79 Å². The first-order valence-corrected chi connectivity index (χ1v) is 13.2. The molecule has 0 bridgehead atoms. The van der Waals surface area contributed by atoms with E-state index in [4.69, 9.17) is 21.4 Å². The van der Waals surface area contributed by atoms with Crippen LogP contribution in [0.4, 0.5) is 0 Å². The lowest BCUT2D eigenvalue weighted by atomic mass is 10.1. The fourth-order valence-electron chi connectivity index (χ4n) is 4.41. The van der Waals surface area contributed by atoms with Crippen LogP contribution in [0.5, 0.6) is 5.75 Å². The lowest BCUT2D eigenvalue weighted by molar-refractivity contribution is 0.306. The summed E-state index contributed by atoms with van der Waals surface area (Å²) in [4.78, 5) is 20.0. The Labute approximate surface area is 240 Å². The van der Waals surface area contributed by atoms with Gasteiger partial charge in [-0.05, 0) is 72.3 Å². The molecule has 8 heteroatoms. The Bertz CT molecular complexity index is 1970. The van der Waals surface area contributed by atoms with E-state index in [0.717, 1.165) is 16.8 Å². The number of para-hydroxylation sites is 2. The number of aromatic amines is 1. The molecule has 0 saturated carbocycles. The molecular formula is C33H22ClN5O2. The van der Waals surface area contributed by atoms with Crippen molar-refractivity contribution in [3.05, 3.63) is 142 Å². The highest BCUT2D eigenvalue weighted by Gasteiger charge is 2.15. The van der Waals surface area contributed by atoms with Crippen molar-refractivity contribution in [3.8, 4) is 28.8 Å². The van der Waals surface area contributed by atoms with Crippen molar-refractivity contribution in [1.82, 2.24) is 19.7 Å². The van der Waals surface area contributed by atoms with Gasteiger partial charge >= 0.3 is 0 Å². The maximum atomic E-state index is 12.7. The Kier molecular flexibility index (Phi) is 7.14. The summed E-state index contributed by atoms with van der Waals surface area (Å²) in [5.41, 5.74) is 4.49. The van der Waals surface area contributed by atoms with Crippen LogP contribution in [0.25, 0.3) is 39.5 Å². The normalized spacial score (nSPS) is 11.4. The number of ether oxygens (including phenoxy) is 1. The molecule has 4 aromatic carbocycles. The first kappa shape index (κ1) is 25.8. The Morgan fingerprint density at radius 3 is 2.44 bits per heavy atom. The predicted molar refractivity (Wildman–Crippen MR) is 161 cm³/mol. The smallest absolute Gasteiger partial charge is 0.259 e. The van der Waals surface area contributed by atoms with Crippen LogP contribution in [-0.4, -0.2) is 19.7 Å². The third-order valence-electron chi connectivity index (χ3n) is 6.50. The number of nitrogens with one attached hydrogen (secondary N) is 1. The second-order valence-corrected chi connectivity index (χ2v) is 9.69. The molecule has 41 heavy (non-hydrogen) atoms. The minimum absolute atomic E-state index is 0.195. The van der Waals surface area contributed by atoms with Crippen LogP contribution >= 0.6 is 11.6 Å². The zero-order chi connectivity index (χ0) is 28.2. The van der Waals surface area contributed by atoms with Crippen molar-refractivity contribution >= 4 is 34.2 Å². The zero-order valence-electron chi connectivity index (χ0n) is 21.7. The van der Waals surface area contributed by atoms with Crippen molar-refractivity contribution in [2.75, 3.05) is 0 Å². The number of nitrogens with zero attached hydrogens (tertiary/aromatic N) is 4. The quantitative estimate of drug-likeness (QED) is 0.212. The van der Waals surface area contributed by atoms with E-state index < -0.39 is 0 Å². The van der Waals surface area contributed by atoms with E-state index in [-0.39, 0.29) is 17.0 Å². The minimum atomic E-state index is -0.304. The fourth-order valence-corrected chi connectivity index (χ4v) is 4.54. The van der Waals surface area contributed by atoms with Gasteiger partial charge in [0.25, 0.3) is 5.56 Å². The SMILES string of the molecule is N#C/C(=C\c1cn(-c2ccccc2)nc1-c1ccc(OCc2ccc(Cl)cc2)cc1)c1nc2ccccc2c(=O)[nH]1. The molecule has 0 radical (unpaired) electrons. The number of allylic oxidation sites excluding steroid dienone is 1. The number of fused-ring (bicyclic) bond motifs is 1. The van der Waals surface area contributed by atoms with Gasteiger partial charge in [0.05, 0.1) is 27.9 Å². The first-order chi connectivity index (χ1) is 20.1. The van der Waals surface area contributed by atoms with Gasteiger partial charge in [0.15, 0.2) is 5.82 Å². The molecule has 0 saturated heterocycles. The zero-order valence-corrected chi connectivity index (χ0v) is 22.4. The van der Waals surface area contributed by atoms with Crippen LogP contribution in [0.1, 0.15) is 17.0 Å². The topological polar surface area (TPSA) is 96.6 Å². The molecule has 0 aliphatic carbocycles. The molecule has 0 atom stereocenters. The van der Waals surface area contributed by atoms with E-state index in [2.05, 4.69) is 16.0 Å². The van der Waals surface area contributed by atoms with Crippen LogP contribution in [0.2, 0.25) is 5.02 Å². The Morgan fingerprint density at radius 2 is 1.68 bits per heavy atom. The lowest BCUT2D eigenvalue weighted by Gasteiger charge is -2.07. The molecule has 1 N–H and O–H groups in total. The second-order valence-electron chi connectivity index (χ2n) is 9.25. The molecule has 0 amide bonds. The number of nitriles is 1. The average molecular weight is 556 g/mol. The largest absolute Gasteiger partial charge is 0.489 e. The van der Waals surface area contributed by atoms with Gasteiger partial charge in [-0.2, -0.15) is 10.4 Å².